The van der Waals surface area contributed by atoms with Crippen molar-refractivity contribution in [3.8, 4) is 5.75 Å². The fourth-order valence-corrected chi connectivity index (χ4v) is 5.01. The van der Waals surface area contributed by atoms with Crippen LogP contribution in [0.2, 0.25) is 0 Å². The van der Waals surface area contributed by atoms with E-state index in [1.807, 2.05) is 54.6 Å². The number of rotatable bonds is 9. The third kappa shape index (κ3) is 5.66. The minimum Gasteiger partial charge on any atom is -0.489 e. The highest BCUT2D eigenvalue weighted by Gasteiger charge is 2.27. The van der Waals surface area contributed by atoms with Crippen molar-refractivity contribution >= 4 is 21.6 Å². The molecule has 0 radical (unpaired) electrons. The Bertz CT molecular complexity index is 1600. The van der Waals surface area contributed by atoms with Gasteiger partial charge in [0.15, 0.2) is 5.76 Å². The Balaban J connectivity index is 1.35. The number of anilines is 1. The molecule has 5 rings (SSSR count). The van der Waals surface area contributed by atoms with Crippen LogP contribution in [0.4, 0.5) is 5.82 Å². The zero-order valence-corrected chi connectivity index (χ0v) is 21.1. The molecule has 1 amide bonds. The third-order valence-electron chi connectivity index (χ3n) is 5.79. The normalized spacial score (nSPS) is 11.2. The predicted octanol–water partition coefficient (Wildman–Crippen LogP) is 5.93. The number of aromatic nitrogens is 1. The molecule has 0 bridgehead atoms. The summed E-state index contributed by atoms with van der Waals surface area (Å²) in [5, 5.41) is -0.298. The molecule has 38 heavy (non-hydrogen) atoms. The molecule has 2 aromatic heterocycles. The van der Waals surface area contributed by atoms with E-state index in [0.717, 1.165) is 11.1 Å². The summed E-state index contributed by atoms with van der Waals surface area (Å²) < 4.78 is 37.3. The van der Waals surface area contributed by atoms with Crippen molar-refractivity contribution in [2.75, 3.05) is 4.90 Å². The van der Waals surface area contributed by atoms with Crippen LogP contribution in [0.15, 0.2) is 136 Å². The Hall–Kier alpha value is -4.69. The van der Waals surface area contributed by atoms with Crippen LogP contribution in [-0.4, -0.2) is 19.3 Å². The van der Waals surface area contributed by atoms with Crippen molar-refractivity contribution in [1.29, 1.82) is 0 Å². The van der Waals surface area contributed by atoms with Gasteiger partial charge in [-0.25, -0.2) is 13.4 Å². The first-order valence-electron chi connectivity index (χ1n) is 11.9. The Morgan fingerprint density at radius 1 is 0.763 bits per heavy atom. The van der Waals surface area contributed by atoms with Gasteiger partial charge in [0.2, 0.25) is 14.9 Å². The molecule has 8 heteroatoms. The second kappa shape index (κ2) is 11.1. The summed E-state index contributed by atoms with van der Waals surface area (Å²) in [6.07, 6.45) is 1.59. The number of nitrogens with zero attached hydrogens (tertiary/aromatic N) is 2. The molecule has 0 saturated heterocycles. The van der Waals surface area contributed by atoms with Gasteiger partial charge < -0.3 is 9.15 Å². The molecule has 0 atom stereocenters. The fourth-order valence-electron chi connectivity index (χ4n) is 3.81. The van der Waals surface area contributed by atoms with Crippen LogP contribution in [0.5, 0.6) is 5.75 Å². The number of carbonyl (C=O) groups is 1. The first-order valence-corrected chi connectivity index (χ1v) is 13.4. The first kappa shape index (κ1) is 25.0. The third-order valence-corrected chi connectivity index (χ3v) is 7.44. The number of benzene rings is 3. The Labute approximate surface area is 220 Å². The highest BCUT2D eigenvalue weighted by Crippen LogP contribution is 2.25. The second-order valence-electron chi connectivity index (χ2n) is 8.43. The second-order valence-corrected chi connectivity index (χ2v) is 10.3. The zero-order chi connectivity index (χ0) is 26.4. The molecule has 0 aliphatic heterocycles. The summed E-state index contributed by atoms with van der Waals surface area (Å²) in [4.78, 5) is 19.4. The zero-order valence-electron chi connectivity index (χ0n) is 20.3. The van der Waals surface area contributed by atoms with Crippen LogP contribution in [-0.2, 0) is 23.0 Å². The van der Waals surface area contributed by atoms with Gasteiger partial charge in [0.05, 0.1) is 11.4 Å². The van der Waals surface area contributed by atoms with E-state index in [1.54, 1.807) is 42.6 Å². The molecule has 0 N–H and O–H groups in total. The van der Waals surface area contributed by atoms with Crippen LogP contribution in [0, 0.1) is 0 Å². The van der Waals surface area contributed by atoms with Gasteiger partial charge in [-0.2, -0.15) is 0 Å². The first-order chi connectivity index (χ1) is 18.5. The molecule has 0 spiro atoms. The molecular formula is C30H24N2O5S. The SMILES string of the molecule is O=C(c1ccc(S(=O)(=O)c2ccccc2)o1)N(Cc1ccc(OCc2ccccc2)cc1)c1ccccn1. The van der Waals surface area contributed by atoms with Crippen molar-refractivity contribution < 1.29 is 22.4 Å². The number of carbonyl (C=O) groups excluding carboxylic acids is 1. The molecular weight excluding hydrogens is 500 g/mol. The molecule has 7 nitrogen and oxygen atoms in total. The summed E-state index contributed by atoms with van der Waals surface area (Å²) in [6.45, 7) is 0.641. The molecule has 3 aromatic carbocycles. The number of sulfone groups is 1. The lowest BCUT2D eigenvalue weighted by Gasteiger charge is -2.21. The predicted molar refractivity (Wildman–Crippen MR) is 143 cm³/mol. The maximum absolute atomic E-state index is 13.5. The summed E-state index contributed by atoms with van der Waals surface area (Å²) in [5.74, 6) is 0.497. The Kier molecular flexibility index (Phi) is 7.33. The van der Waals surface area contributed by atoms with Gasteiger partial charge in [0.1, 0.15) is 18.2 Å². The highest BCUT2D eigenvalue weighted by atomic mass is 32.2. The summed E-state index contributed by atoms with van der Waals surface area (Å²) >= 11 is 0. The molecule has 0 aliphatic carbocycles. The molecule has 190 valence electrons. The average Bonchev–Trinajstić information content (AvgIpc) is 3.48. The highest BCUT2D eigenvalue weighted by molar-refractivity contribution is 7.91. The van der Waals surface area contributed by atoms with Crippen LogP contribution in [0.25, 0.3) is 0 Å². The van der Waals surface area contributed by atoms with E-state index in [2.05, 4.69) is 4.98 Å². The van der Waals surface area contributed by atoms with Gasteiger partial charge >= 0.3 is 0 Å². The van der Waals surface area contributed by atoms with Crippen LogP contribution in [0.3, 0.4) is 0 Å². The van der Waals surface area contributed by atoms with Gasteiger partial charge in [-0.1, -0.05) is 66.7 Å². The lowest BCUT2D eigenvalue weighted by molar-refractivity contribution is 0.0952. The molecule has 0 saturated carbocycles. The number of hydrogen-bond donors (Lipinski definition) is 0. The number of amides is 1. The van der Waals surface area contributed by atoms with Gasteiger partial charge in [-0.05, 0) is 59.7 Å². The maximum Gasteiger partial charge on any atom is 0.295 e. The topological polar surface area (TPSA) is 89.7 Å². The van der Waals surface area contributed by atoms with Crippen molar-refractivity contribution in [2.24, 2.45) is 0 Å². The molecule has 2 heterocycles. The maximum atomic E-state index is 13.5. The number of hydrogen-bond acceptors (Lipinski definition) is 6. The standard InChI is InChI=1S/C30H24N2O5S/c33-30(27-18-19-29(37-27)38(34,35)26-11-5-2-6-12-26)32(28-13-7-8-20-31-28)21-23-14-16-25(17-15-23)36-22-24-9-3-1-4-10-24/h1-20H,21-22H2. The van der Waals surface area contributed by atoms with E-state index >= 15 is 0 Å². The lowest BCUT2D eigenvalue weighted by atomic mass is 10.2. The van der Waals surface area contributed by atoms with Crippen LogP contribution in [0.1, 0.15) is 21.7 Å². The molecule has 0 fully saturated rings. The largest absolute Gasteiger partial charge is 0.489 e. The van der Waals surface area contributed by atoms with Gasteiger partial charge in [-0.3, -0.25) is 9.69 Å². The molecule has 0 unspecified atom stereocenters. The summed E-state index contributed by atoms with van der Waals surface area (Å²) in [5.41, 5.74) is 1.90. The van der Waals surface area contributed by atoms with E-state index in [1.165, 1.54) is 29.2 Å². The lowest BCUT2D eigenvalue weighted by Crippen LogP contribution is -2.30. The van der Waals surface area contributed by atoms with Crippen molar-refractivity contribution in [3.63, 3.8) is 0 Å². The van der Waals surface area contributed by atoms with Crippen molar-refractivity contribution in [3.05, 3.63) is 138 Å². The van der Waals surface area contributed by atoms with Gasteiger partial charge in [0.25, 0.3) is 5.91 Å². The van der Waals surface area contributed by atoms with E-state index in [4.69, 9.17) is 9.15 Å². The molecule has 5 aromatic rings. The van der Waals surface area contributed by atoms with E-state index < -0.39 is 15.7 Å². The number of pyridine rings is 1. The number of ether oxygens (including phenoxy) is 1. The minimum absolute atomic E-state index is 0.0875. The smallest absolute Gasteiger partial charge is 0.295 e. The summed E-state index contributed by atoms with van der Waals surface area (Å²) in [6, 6.07) is 33.1. The Morgan fingerprint density at radius 3 is 2.13 bits per heavy atom. The van der Waals surface area contributed by atoms with Crippen LogP contribution >= 0.6 is 0 Å². The van der Waals surface area contributed by atoms with E-state index in [9.17, 15) is 13.2 Å². The van der Waals surface area contributed by atoms with Crippen molar-refractivity contribution in [1.82, 2.24) is 4.98 Å². The quantitative estimate of drug-likeness (QED) is 0.237. The Morgan fingerprint density at radius 2 is 1.45 bits per heavy atom. The average molecular weight is 525 g/mol. The minimum atomic E-state index is -3.90. The van der Waals surface area contributed by atoms with Crippen molar-refractivity contribution in [2.45, 2.75) is 23.1 Å². The fraction of sp³-hybridized carbons (Fsp3) is 0.0667. The van der Waals surface area contributed by atoms with Gasteiger partial charge in [-0.15, -0.1) is 0 Å². The molecule has 0 aliphatic rings. The number of furan rings is 1. The summed E-state index contributed by atoms with van der Waals surface area (Å²) in [7, 11) is -3.90. The van der Waals surface area contributed by atoms with Gasteiger partial charge in [0, 0.05) is 6.20 Å². The van der Waals surface area contributed by atoms with Crippen LogP contribution < -0.4 is 9.64 Å². The monoisotopic (exact) mass is 524 g/mol. The van der Waals surface area contributed by atoms with E-state index in [0.29, 0.717) is 18.2 Å². The van der Waals surface area contributed by atoms with E-state index in [-0.39, 0.29) is 22.3 Å².